The predicted molar refractivity (Wildman–Crippen MR) is 85.5 cm³/mol. The van der Waals surface area contributed by atoms with E-state index in [-0.39, 0.29) is 24.4 Å². The number of hydrogen-bond acceptors (Lipinski definition) is 6. The van der Waals surface area contributed by atoms with Crippen molar-refractivity contribution in [2.24, 2.45) is 5.92 Å². The summed E-state index contributed by atoms with van der Waals surface area (Å²) in [5.41, 5.74) is -0.237. The molecular formula is C16H22N4O5. The molecular weight excluding hydrogens is 328 g/mol. The van der Waals surface area contributed by atoms with E-state index in [1.807, 2.05) is 13.0 Å². The van der Waals surface area contributed by atoms with Gasteiger partial charge in [-0.25, -0.2) is 4.79 Å². The van der Waals surface area contributed by atoms with Gasteiger partial charge in [0.2, 0.25) is 5.91 Å². The third kappa shape index (κ3) is 3.51. The zero-order valence-electron chi connectivity index (χ0n) is 14.5. The number of nitrogens with one attached hydrogen (secondary N) is 2. The summed E-state index contributed by atoms with van der Waals surface area (Å²) < 4.78 is 10.7. The molecule has 2 fully saturated rings. The van der Waals surface area contributed by atoms with Crippen LogP contribution in [0.3, 0.4) is 0 Å². The highest BCUT2D eigenvalue weighted by atomic mass is 16.5. The maximum Gasteiger partial charge on any atom is 0.325 e. The molecule has 0 saturated carbocycles. The minimum Gasteiger partial charge on any atom is -0.379 e. The molecule has 0 aromatic carbocycles. The quantitative estimate of drug-likeness (QED) is 0.722. The van der Waals surface area contributed by atoms with E-state index >= 15 is 0 Å². The van der Waals surface area contributed by atoms with Gasteiger partial charge >= 0.3 is 6.03 Å². The minimum atomic E-state index is -1.04. The summed E-state index contributed by atoms with van der Waals surface area (Å²) in [5.74, 6) is 0.0801. The molecule has 25 heavy (non-hydrogen) atoms. The highest BCUT2D eigenvalue weighted by Gasteiger charge is 2.46. The molecule has 3 rings (SSSR count). The van der Waals surface area contributed by atoms with Gasteiger partial charge in [0.15, 0.2) is 0 Å². The highest BCUT2D eigenvalue weighted by molar-refractivity contribution is 6.07. The lowest BCUT2D eigenvalue weighted by molar-refractivity contribution is -0.127. The smallest absolute Gasteiger partial charge is 0.325 e. The van der Waals surface area contributed by atoms with E-state index in [9.17, 15) is 14.4 Å². The van der Waals surface area contributed by atoms with Crippen molar-refractivity contribution in [1.29, 1.82) is 0 Å². The zero-order valence-corrected chi connectivity index (χ0v) is 14.5. The largest absolute Gasteiger partial charge is 0.379 e. The number of aryl methyl sites for hydroxylation is 1. The van der Waals surface area contributed by atoms with Gasteiger partial charge in [-0.1, -0.05) is 5.16 Å². The first-order valence-electron chi connectivity index (χ1n) is 8.19. The van der Waals surface area contributed by atoms with Crippen LogP contribution < -0.4 is 10.6 Å². The predicted octanol–water partition coefficient (Wildman–Crippen LogP) is -0.0129. The van der Waals surface area contributed by atoms with Crippen LogP contribution in [0.15, 0.2) is 10.6 Å². The number of nitrogens with zero attached hydrogens (tertiary/aromatic N) is 2. The van der Waals surface area contributed by atoms with Gasteiger partial charge in [0.25, 0.3) is 5.91 Å². The number of ether oxygens (including phenoxy) is 1. The summed E-state index contributed by atoms with van der Waals surface area (Å²) in [4.78, 5) is 37.2. The molecule has 0 radical (unpaired) electrons. The number of urea groups is 1. The Labute approximate surface area is 145 Å². The Bertz CT molecular complexity index is 698. The van der Waals surface area contributed by atoms with Gasteiger partial charge in [-0.15, -0.1) is 0 Å². The first kappa shape index (κ1) is 17.4. The van der Waals surface area contributed by atoms with E-state index in [0.29, 0.717) is 19.6 Å². The monoisotopic (exact) mass is 350 g/mol. The van der Waals surface area contributed by atoms with Crippen molar-refractivity contribution in [3.63, 3.8) is 0 Å². The number of imide groups is 1. The Morgan fingerprint density at radius 2 is 2.20 bits per heavy atom. The molecule has 1 aromatic rings. The SMILES string of the molecule is Cc1cc(C[C@@H]2COC[C@@H]2NC(=O)CN2C(=O)NC(=O)C2(C)C)on1. The van der Waals surface area contributed by atoms with Crippen molar-refractivity contribution >= 4 is 17.8 Å². The molecule has 0 spiro atoms. The van der Waals surface area contributed by atoms with Gasteiger partial charge in [0, 0.05) is 18.4 Å². The van der Waals surface area contributed by atoms with Crippen molar-refractivity contribution in [2.75, 3.05) is 19.8 Å². The molecule has 0 aliphatic carbocycles. The van der Waals surface area contributed by atoms with Crippen LogP contribution in [-0.2, 0) is 20.7 Å². The molecule has 2 N–H and O–H groups in total. The van der Waals surface area contributed by atoms with E-state index < -0.39 is 17.5 Å². The van der Waals surface area contributed by atoms with Gasteiger partial charge in [0.05, 0.1) is 24.9 Å². The lowest BCUT2D eigenvalue weighted by Gasteiger charge is -2.28. The summed E-state index contributed by atoms with van der Waals surface area (Å²) in [6.45, 7) is 5.79. The maximum atomic E-state index is 12.4. The molecule has 2 atom stereocenters. The Kier molecular flexibility index (Phi) is 4.51. The molecule has 4 amide bonds. The lowest BCUT2D eigenvalue weighted by Crippen LogP contribution is -2.51. The highest BCUT2D eigenvalue weighted by Crippen LogP contribution is 2.22. The van der Waals surface area contributed by atoms with Gasteiger partial charge < -0.3 is 19.5 Å². The average molecular weight is 350 g/mol. The second kappa shape index (κ2) is 6.47. The molecule has 136 valence electrons. The van der Waals surface area contributed by atoms with Crippen LogP contribution in [0.4, 0.5) is 4.79 Å². The molecule has 3 heterocycles. The van der Waals surface area contributed by atoms with E-state index in [2.05, 4.69) is 15.8 Å². The van der Waals surface area contributed by atoms with Crippen molar-refractivity contribution in [1.82, 2.24) is 20.7 Å². The minimum absolute atomic E-state index is 0.0679. The van der Waals surface area contributed by atoms with Crippen LogP contribution in [0.2, 0.25) is 0 Å². The second-order valence-corrected chi connectivity index (χ2v) is 7.01. The molecule has 2 saturated heterocycles. The number of carbonyl (C=O) groups is 3. The Balaban J connectivity index is 1.58. The van der Waals surface area contributed by atoms with Crippen LogP contribution in [-0.4, -0.2) is 59.2 Å². The number of carbonyl (C=O) groups excluding carboxylic acids is 3. The first-order valence-corrected chi connectivity index (χ1v) is 8.19. The van der Waals surface area contributed by atoms with Crippen molar-refractivity contribution in [3.8, 4) is 0 Å². The fourth-order valence-corrected chi connectivity index (χ4v) is 3.09. The summed E-state index contributed by atoms with van der Waals surface area (Å²) in [6.07, 6.45) is 0.611. The fourth-order valence-electron chi connectivity index (χ4n) is 3.09. The molecule has 2 aliphatic rings. The van der Waals surface area contributed by atoms with Gasteiger partial charge in [-0.05, 0) is 20.8 Å². The van der Waals surface area contributed by atoms with E-state index in [1.54, 1.807) is 13.8 Å². The Hall–Kier alpha value is -2.42. The summed E-state index contributed by atoms with van der Waals surface area (Å²) in [6, 6.07) is 1.13. The third-order valence-electron chi connectivity index (χ3n) is 4.68. The normalized spacial score (nSPS) is 25.3. The van der Waals surface area contributed by atoms with Gasteiger partial charge in [0.1, 0.15) is 17.8 Å². The number of aromatic nitrogens is 1. The first-order chi connectivity index (χ1) is 11.8. The molecule has 9 heteroatoms. The standard InChI is InChI=1S/C16H22N4O5/c1-9-4-11(25-19-9)5-10-7-24-8-12(10)17-13(21)6-20-15(23)18-14(22)16(20,2)3/h4,10,12H,5-8H2,1-3H3,(H,17,21)(H,18,22,23)/t10-,12+/m1/s1. The topological polar surface area (TPSA) is 114 Å². The van der Waals surface area contributed by atoms with Crippen LogP contribution >= 0.6 is 0 Å². The summed E-state index contributed by atoms with van der Waals surface area (Å²) in [5, 5.41) is 8.98. The fraction of sp³-hybridized carbons (Fsp3) is 0.625. The molecule has 0 bridgehead atoms. The lowest BCUT2D eigenvalue weighted by atomic mass is 9.98. The average Bonchev–Trinajstić information content (AvgIpc) is 3.18. The number of rotatable bonds is 5. The number of amides is 4. The van der Waals surface area contributed by atoms with Crippen LogP contribution in [0.25, 0.3) is 0 Å². The van der Waals surface area contributed by atoms with Crippen molar-refractivity contribution in [3.05, 3.63) is 17.5 Å². The Morgan fingerprint density at radius 1 is 1.44 bits per heavy atom. The summed E-state index contributed by atoms with van der Waals surface area (Å²) in [7, 11) is 0. The van der Waals surface area contributed by atoms with Crippen molar-refractivity contribution in [2.45, 2.75) is 38.8 Å². The van der Waals surface area contributed by atoms with E-state index in [4.69, 9.17) is 9.26 Å². The van der Waals surface area contributed by atoms with Crippen LogP contribution in [0.1, 0.15) is 25.3 Å². The Morgan fingerprint density at radius 3 is 2.80 bits per heavy atom. The summed E-state index contributed by atoms with van der Waals surface area (Å²) >= 11 is 0. The number of hydrogen-bond donors (Lipinski definition) is 2. The third-order valence-corrected chi connectivity index (χ3v) is 4.68. The van der Waals surface area contributed by atoms with Crippen molar-refractivity contribution < 1.29 is 23.6 Å². The van der Waals surface area contributed by atoms with E-state index in [1.165, 1.54) is 4.90 Å². The zero-order chi connectivity index (χ0) is 18.2. The van der Waals surface area contributed by atoms with Crippen LogP contribution in [0, 0.1) is 12.8 Å². The molecule has 2 aliphatic heterocycles. The van der Waals surface area contributed by atoms with E-state index in [0.717, 1.165) is 11.5 Å². The molecule has 9 nitrogen and oxygen atoms in total. The van der Waals surface area contributed by atoms with Gasteiger partial charge in [-0.3, -0.25) is 14.9 Å². The molecule has 0 unspecified atom stereocenters. The van der Waals surface area contributed by atoms with Crippen LogP contribution in [0.5, 0.6) is 0 Å². The van der Waals surface area contributed by atoms with Gasteiger partial charge in [-0.2, -0.15) is 0 Å². The second-order valence-electron chi connectivity index (χ2n) is 7.01. The maximum absolute atomic E-state index is 12.4. The molecule has 1 aromatic heterocycles.